The molecule has 1 aliphatic heterocycles. The van der Waals surface area contributed by atoms with E-state index < -0.39 is 77.4 Å². The Kier molecular flexibility index (Phi) is 7.91. The van der Waals surface area contributed by atoms with Crippen LogP contribution in [0.5, 0.6) is 0 Å². The van der Waals surface area contributed by atoms with E-state index in [0.717, 1.165) is 13.8 Å². The van der Waals surface area contributed by atoms with Crippen molar-refractivity contribution in [2.24, 2.45) is 11.8 Å². The largest absolute Gasteiger partial charge is 0.459 e. The highest BCUT2D eigenvalue weighted by molar-refractivity contribution is 5.88. The highest BCUT2D eigenvalue weighted by atomic mass is 16.6. The summed E-state index contributed by atoms with van der Waals surface area (Å²) in [5.74, 6) is -4.37. The van der Waals surface area contributed by atoms with E-state index in [1.165, 1.54) is 6.92 Å². The van der Waals surface area contributed by atoms with Crippen molar-refractivity contribution in [3.63, 3.8) is 0 Å². The van der Waals surface area contributed by atoms with Gasteiger partial charge in [-0.25, -0.2) is 9.59 Å². The Morgan fingerprint density at radius 3 is 2.29 bits per heavy atom. The van der Waals surface area contributed by atoms with Crippen LogP contribution >= 0.6 is 0 Å². The summed E-state index contributed by atoms with van der Waals surface area (Å²) in [6.45, 7) is 12.1. The average Bonchev–Trinajstić information content (AvgIpc) is 3.12. The van der Waals surface area contributed by atoms with Crippen molar-refractivity contribution in [1.82, 2.24) is 0 Å². The summed E-state index contributed by atoms with van der Waals surface area (Å²) in [5, 5.41) is 33.9. The Hall–Kier alpha value is -2.76. The lowest BCUT2D eigenvalue weighted by Crippen LogP contribution is -2.63. The van der Waals surface area contributed by atoms with Gasteiger partial charge in [-0.1, -0.05) is 19.9 Å². The first kappa shape index (κ1) is 29.8. The van der Waals surface area contributed by atoms with Gasteiger partial charge in [-0.3, -0.25) is 9.59 Å². The summed E-state index contributed by atoms with van der Waals surface area (Å²) in [6, 6.07) is 0. The van der Waals surface area contributed by atoms with Crippen LogP contribution in [0.3, 0.4) is 0 Å². The zero-order chi connectivity index (χ0) is 29.0. The maximum Gasteiger partial charge on any atom is 0.341 e. The van der Waals surface area contributed by atoms with Crippen LogP contribution in [0, 0.1) is 11.8 Å². The third-order valence-electron chi connectivity index (χ3n) is 7.90. The summed E-state index contributed by atoms with van der Waals surface area (Å²) >= 11 is 0. The average molecular weight is 539 g/mol. The van der Waals surface area contributed by atoms with Crippen LogP contribution in [0.4, 0.5) is 0 Å². The summed E-state index contributed by atoms with van der Waals surface area (Å²) in [5.41, 5.74) is -6.03. The van der Waals surface area contributed by atoms with Gasteiger partial charge in [0.25, 0.3) is 0 Å². The summed E-state index contributed by atoms with van der Waals surface area (Å²) in [7, 11) is 0. The SMILES string of the molecule is C/C=C(\C)C(=O)O[C@@H]1C(C)=C2C(C1OC(=O)CC(C)C)[C@](C)(OC(C)=O)C[C@@H](O)[C@]1(O)[C@@H]2OC(=O)[C@]1(C)O. The Labute approximate surface area is 221 Å². The molecule has 2 fully saturated rings. The monoisotopic (exact) mass is 538 g/mol. The first-order chi connectivity index (χ1) is 17.4. The molecule has 0 aromatic carbocycles. The van der Waals surface area contributed by atoms with E-state index >= 15 is 0 Å². The van der Waals surface area contributed by atoms with Gasteiger partial charge in [-0.15, -0.1) is 0 Å². The fraction of sp³-hybridized carbons (Fsp3) is 0.704. The number of carbonyl (C=O) groups is 4. The molecule has 1 saturated heterocycles. The van der Waals surface area contributed by atoms with Crippen molar-refractivity contribution in [3.8, 4) is 0 Å². The van der Waals surface area contributed by atoms with Crippen molar-refractivity contribution in [3.05, 3.63) is 22.8 Å². The second kappa shape index (κ2) is 10.1. The molecular weight excluding hydrogens is 500 g/mol. The predicted octanol–water partition coefficient (Wildman–Crippen LogP) is 1.26. The molecule has 0 aromatic heterocycles. The summed E-state index contributed by atoms with van der Waals surface area (Å²) < 4.78 is 22.8. The van der Waals surface area contributed by atoms with Gasteiger partial charge in [0.1, 0.15) is 5.60 Å². The third kappa shape index (κ3) is 4.65. The highest BCUT2D eigenvalue weighted by Gasteiger charge is 2.74. The lowest BCUT2D eigenvalue weighted by Gasteiger charge is -2.40. The second-order valence-corrected chi connectivity index (χ2v) is 11.3. The van der Waals surface area contributed by atoms with Crippen molar-refractivity contribution in [2.75, 3.05) is 0 Å². The number of esters is 4. The molecule has 3 N–H and O–H groups in total. The molecule has 3 aliphatic rings. The molecule has 0 amide bonds. The minimum atomic E-state index is -2.55. The normalized spacial score (nSPS) is 38.8. The number of rotatable bonds is 6. The van der Waals surface area contributed by atoms with E-state index in [2.05, 4.69) is 0 Å². The van der Waals surface area contributed by atoms with Crippen molar-refractivity contribution < 1.29 is 53.4 Å². The number of fused-ring (bicyclic) bond motifs is 3. The summed E-state index contributed by atoms with van der Waals surface area (Å²) in [4.78, 5) is 50.7. The maximum absolute atomic E-state index is 12.9. The van der Waals surface area contributed by atoms with Gasteiger partial charge in [-0.2, -0.15) is 0 Å². The van der Waals surface area contributed by atoms with Crippen LogP contribution in [0.1, 0.15) is 68.2 Å². The molecule has 0 radical (unpaired) electrons. The van der Waals surface area contributed by atoms with E-state index in [4.69, 9.17) is 18.9 Å². The quantitative estimate of drug-likeness (QED) is 0.193. The zero-order valence-electron chi connectivity index (χ0n) is 23.1. The minimum Gasteiger partial charge on any atom is -0.459 e. The number of ether oxygens (including phenoxy) is 4. The fourth-order valence-electron chi connectivity index (χ4n) is 5.83. The van der Waals surface area contributed by atoms with E-state index in [9.17, 15) is 34.5 Å². The highest BCUT2D eigenvalue weighted by Crippen LogP contribution is 2.56. The zero-order valence-corrected chi connectivity index (χ0v) is 23.1. The molecule has 38 heavy (non-hydrogen) atoms. The van der Waals surface area contributed by atoms with Gasteiger partial charge in [-0.05, 0) is 51.7 Å². The molecule has 0 spiro atoms. The fourth-order valence-corrected chi connectivity index (χ4v) is 5.83. The van der Waals surface area contributed by atoms with Crippen molar-refractivity contribution in [2.45, 2.75) is 109 Å². The number of carbonyl (C=O) groups excluding carboxylic acids is 4. The van der Waals surface area contributed by atoms with Crippen molar-refractivity contribution in [1.29, 1.82) is 0 Å². The van der Waals surface area contributed by atoms with Gasteiger partial charge in [0.05, 0.1) is 12.0 Å². The van der Waals surface area contributed by atoms with Crippen LogP contribution in [-0.2, 0) is 38.1 Å². The molecule has 11 heteroatoms. The van der Waals surface area contributed by atoms with Gasteiger partial charge >= 0.3 is 23.9 Å². The lowest BCUT2D eigenvalue weighted by molar-refractivity contribution is -0.199. The van der Waals surface area contributed by atoms with E-state index in [-0.39, 0.29) is 29.1 Å². The number of hydrogen-bond donors (Lipinski definition) is 3. The first-order valence-electron chi connectivity index (χ1n) is 12.7. The Bertz CT molecular complexity index is 1090. The van der Waals surface area contributed by atoms with Gasteiger partial charge < -0.3 is 34.3 Å². The Balaban J connectivity index is 2.28. The predicted molar refractivity (Wildman–Crippen MR) is 131 cm³/mol. The first-order valence-corrected chi connectivity index (χ1v) is 12.7. The molecule has 212 valence electrons. The molecule has 2 unspecified atom stereocenters. The van der Waals surface area contributed by atoms with Crippen molar-refractivity contribution >= 4 is 23.9 Å². The molecule has 3 rings (SSSR count). The molecule has 8 atom stereocenters. The second-order valence-electron chi connectivity index (χ2n) is 11.3. The van der Waals surface area contributed by atoms with Crippen LogP contribution in [0.15, 0.2) is 22.8 Å². The molecule has 2 aliphatic carbocycles. The number of aliphatic hydroxyl groups excluding tert-OH is 1. The molecule has 0 aromatic rings. The standard InChI is InChI=1S/C27H38O11/c1-9-13(4)23(31)36-20-14(5)18-19(21(20)35-17(30)10-12(2)3)25(7,38-15(6)28)11-16(29)27(34)22(18)37-24(32)26(27,8)33/h9,12,16,19-22,29,33-34H,10-11H2,1-8H3/b13-9+/t16-,19?,20-,21?,22-,25-,26+,27+/m1/s1. The smallest absolute Gasteiger partial charge is 0.341 e. The lowest BCUT2D eigenvalue weighted by atomic mass is 9.75. The molecule has 1 heterocycles. The van der Waals surface area contributed by atoms with Gasteiger partial charge in [0.15, 0.2) is 29.5 Å². The molecule has 1 saturated carbocycles. The summed E-state index contributed by atoms with van der Waals surface area (Å²) in [6.07, 6.45) is -4.75. The van der Waals surface area contributed by atoms with Gasteiger partial charge in [0.2, 0.25) is 0 Å². The van der Waals surface area contributed by atoms with E-state index in [0.29, 0.717) is 0 Å². The number of aliphatic hydroxyl groups is 3. The third-order valence-corrected chi connectivity index (χ3v) is 7.90. The van der Waals surface area contributed by atoms with E-state index in [1.54, 1.807) is 26.8 Å². The maximum atomic E-state index is 12.9. The van der Waals surface area contributed by atoms with Crippen LogP contribution in [-0.4, -0.2) is 80.4 Å². The molecular formula is C27H38O11. The van der Waals surface area contributed by atoms with Crippen LogP contribution in [0.25, 0.3) is 0 Å². The molecule has 11 nitrogen and oxygen atoms in total. The number of allylic oxidation sites excluding steroid dienone is 1. The minimum absolute atomic E-state index is 0.0378. The number of hydrogen-bond acceptors (Lipinski definition) is 11. The Morgan fingerprint density at radius 1 is 1.16 bits per heavy atom. The van der Waals surface area contributed by atoms with Crippen LogP contribution < -0.4 is 0 Å². The Morgan fingerprint density at radius 2 is 1.76 bits per heavy atom. The van der Waals surface area contributed by atoms with Crippen LogP contribution in [0.2, 0.25) is 0 Å². The van der Waals surface area contributed by atoms with E-state index in [1.807, 2.05) is 13.8 Å². The van der Waals surface area contributed by atoms with Gasteiger partial charge in [0, 0.05) is 25.3 Å². The molecule has 0 bridgehead atoms. The topological polar surface area (TPSA) is 166 Å².